The third-order valence-electron chi connectivity index (χ3n) is 5.74. The highest BCUT2D eigenvalue weighted by Crippen LogP contribution is 2.32. The molecule has 180 valence electrons. The van der Waals surface area contributed by atoms with Crippen molar-refractivity contribution in [1.82, 2.24) is 4.57 Å². The van der Waals surface area contributed by atoms with Gasteiger partial charge >= 0.3 is 0 Å². The fourth-order valence-corrected chi connectivity index (χ4v) is 4.00. The molecule has 1 heterocycles. The molecule has 0 bridgehead atoms. The fraction of sp³-hybridized carbons (Fsp3) is 0.214. The van der Waals surface area contributed by atoms with E-state index in [4.69, 9.17) is 18.9 Å². The topological polar surface area (TPSA) is 76.0 Å². The Balaban J connectivity index is 1.89. The van der Waals surface area contributed by atoms with E-state index in [2.05, 4.69) is 0 Å². The summed E-state index contributed by atoms with van der Waals surface area (Å²) in [6, 6.07) is 17.8. The number of hydrogen-bond acceptors (Lipinski definition) is 6. The monoisotopic (exact) mass is 473 g/mol. The maximum Gasteiger partial charge on any atom is 0.200 e. The van der Waals surface area contributed by atoms with E-state index < -0.39 is 0 Å². The molecule has 35 heavy (non-hydrogen) atoms. The van der Waals surface area contributed by atoms with Crippen LogP contribution in [0, 0.1) is 0 Å². The molecule has 7 heteroatoms. The lowest BCUT2D eigenvalue weighted by Crippen LogP contribution is -2.20. The lowest BCUT2D eigenvalue weighted by molar-refractivity contribution is 0.103. The third kappa shape index (κ3) is 4.84. The zero-order valence-electron chi connectivity index (χ0n) is 20.2. The van der Waals surface area contributed by atoms with E-state index in [1.807, 2.05) is 35.8 Å². The Kier molecular flexibility index (Phi) is 7.06. The predicted molar refractivity (Wildman–Crippen MR) is 134 cm³/mol. The molecule has 0 unspecified atom stereocenters. The molecular weight excluding hydrogens is 446 g/mol. The first kappa shape index (κ1) is 23.9. The fourth-order valence-electron chi connectivity index (χ4n) is 4.00. The van der Waals surface area contributed by atoms with Crippen molar-refractivity contribution in [2.24, 2.45) is 0 Å². The number of ketones is 1. The SMILES string of the molecule is CCOc1ccc(C(=O)c2cn(Cc3cccc(OC)c3)c3cc(OC)c(OC)cc3c2=O)cc1. The number of fused-ring (bicyclic) bond motifs is 1. The van der Waals surface area contributed by atoms with Crippen LogP contribution in [0.2, 0.25) is 0 Å². The smallest absolute Gasteiger partial charge is 0.200 e. The van der Waals surface area contributed by atoms with E-state index >= 15 is 0 Å². The van der Waals surface area contributed by atoms with E-state index in [-0.39, 0.29) is 16.8 Å². The molecule has 0 radical (unpaired) electrons. The molecule has 0 N–H and O–H groups in total. The maximum absolute atomic E-state index is 13.5. The van der Waals surface area contributed by atoms with Crippen molar-refractivity contribution >= 4 is 16.7 Å². The molecule has 0 fully saturated rings. The van der Waals surface area contributed by atoms with Crippen LogP contribution in [0.15, 0.2) is 71.7 Å². The van der Waals surface area contributed by atoms with E-state index in [9.17, 15) is 9.59 Å². The number of pyridine rings is 1. The van der Waals surface area contributed by atoms with Gasteiger partial charge in [0.15, 0.2) is 17.3 Å². The maximum atomic E-state index is 13.5. The van der Waals surface area contributed by atoms with Crippen LogP contribution < -0.4 is 24.4 Å². The van der Waals surface area contributed by atoms with Crippen LogP contribution in [0.1, 0.15) is 28.4 Å². The molecule has 0 saturated carbocycles. The van der Waals surface area contributed by atoms with Crippen molar-refractivity contribution in [1.29, 1.82) is 0 Å². The molecule has 0 saturated heterocycles. The first-order valence-corrected chi connectivity index (χ1v) is 11.2. The lowest BCUT2D eigenvalue weighted by Gasteiger charge is -2.16. The highest BCUT2D eigenvalue weighted by atomic mass is 16.5. The van der Waals surface area contributed by atoms with Gasteiger partial charge < -0.3 is 23.5 Å². The summed E-state index contributed by atoms with van der Waals surface area (Å²) >= 11 is 0. The normalized spacial score (nSPS) is 10.7. The Morgan fingerprint density at radius 3 is 2.23 bits per heavy atom. The molecular formula is C28H27NO6. The molecule has 0 amide bonds. The lowest BCUT2D eigenvalue weighted by atomic mass is 10.0. The van der Waals surface area contributed by atoms with Crippen molar-refractivity contribution in [2.75, 3.05) is 27.9 Å². The van der Waals surface area contributed by atoms with Crippen LogP contribution >= 0.6 is 0 Å². The van der Waals surface area contributed by atoms with Gasteiger partial charge in [-0.1, -0.05) is 12.1 Å². The minimum absolute atomic E-state index is 0.0665. The van der Waals surface area contributed by atoms with E-state index in [0.29, 0.717) is 46.9 Å². The van der Waals surface area contributed by atoms with Crippen LogP contribution in [0.4, 0.5) is 0 Å². The Morgan fingerprint density at radius 2 is 1.57 bits per heavy atom. The van der Waals surface area contributed by atoms with E-state index in [1.165, 1.54) is 14.2 Å². The predicted octanol–water partition coefficient (Wildman–Crippen LogP) is 4.71. The Morgan fingerprint density at radius 1 is 0.857 bits per heavy atom. The minimum atomic E-state index is -0.373. The molecule has 0 aliphatic rings. The van der Waals surface area contributed by atoms with Gasteiger partial charge in [-0.3, -0.25) is 9.59 Å². The van der Waals surface area contributed by atoms with Crippen LogP contribution in [-0.4, -0.2) is 38.3 Å². The first-order chi connectivity index (χ1) is 17.0. The van der Waals surface area contributed by atoms with Crippen LogP contribution in [-0.2, 0) is 6.54 Å². The largest absolute Gasteiger partial charge is 0.497 e. The summed E-state index contributed by atoms with van der Waals surface area (Å²) in [5.41, 5.74) is 1.67. The van der Waals surface area contributed by atoms with Crippen molar-refractivity contribution in [3.05, 3.63) is 93.8 Å². The average Bonchev–Trinajstić information content (AvgIpc) is 2.89. The number of hydrogen-bond donors (Lipinski definition) is 0. The number of ether oxygens (including phenoxy) is 4. The van der Waals surface area contributed by atoms with E-state index in [1.54, 1.807) is 49.7 Å². The van der Waals surface area contributed by atoms with Gasteiger partial charge in [0.1, 0.15) is 11.5 Å². The summed E-state index contributed by atoms with van der Waals surface area (Å²) in [4.78, 5) is 26.9. The number of methoxy groups -OCH3 is 3. The van der Waals surface area contributed by atoms with Gasteiger partial charge in [0, 0.05) is 24.4 Å². The zero-order valence-corrected chi connectivity index (χ0v) is 20.2. The molecule has 0 aliphatic carbocycles. The highest BCUT2D eigenvalue weighted by molar-refractivity contribution is 6.10. The van der Waals surface area contributed by atoms with Crippen molar-refractivity contribution in [3.63, 3.8) is 0 Å². The number of aromatic nitrogens is 1. The molecule has 0 aliphatic heterocycles. The molecule has 0 spiro atoms. The van der Waals surface area contributed by atoms with Gasteiger partial charge in [0.05, 0.1) is 44.4 Å². The average molecular weight is 474 g/mol. The zero-order chi connectivity index (χ0) is 24.9. The third-order valence-corrected chi connectivity index (χ3v) is 5.74. The second kappa shape index (κ2) is 10.3. The second-order valence-corrected chi connectivity index (χ2v) is 7.86. The van der Waals surface area contributed by atoms with E-state index in [0.717, 1.165) is 11.3 Å². The van der Waals surface area contributed by atoms with Gasteiger partial charge in [0.25, 0.3) is 0 Å². The highest BCUT2D eigenvalue weighted by Gasteiger charge is 2.20. The Labute approximate surface area is 203 Å². The van der Waals surface area contributed by atoms with Crippen molar-refractivity contribution < 1.29 is 23.7 Å². The second-order valence-electron chi connectivity index (χ2n) is 7.86. The number of benzene rings is 3. The summed E-state index contributed by atoms with van der Waals surface area (Å²) in [5.74, 6) is 1.92. The van der Waals surface area contributed by atoms with Gasteiger partial charge in [-0.15, -0.1) is 0 Å². The van der Waals surface area contributed by atoms with Crippen molar-refractivity contribution in [3.8, 4) is 23.0 Å². The van der Waals surface area contributed by atoms with Gasteiger partial charge in [-0.25, -0.2) is 0 Å². The molecule has 4 rings (SSSR count). The minimum Gasteiger partial charge on any atom is -0.497 e. The molecule has 0 atom stereocenters. The molecule has 4 aromatic rings. The summed E-state index contributed by atoms with van der Waals surface area (Å²) in [7, 11) is 4.66. The van der Waals surface area contributed by atoms with Crippen LogP contribution in [0.3, 0.4) is 0 Å². The summed E-state index contributed by atoms with van der Waals surface area (Å²) < 4.78 is 23.6. The molecule has 1 aromatic heterocycles. The van der Waals surface area contributed by atoms with Gasteiger partial charge in [-0.2, -0.15) is 0 Å². The summed E-state index contributed by atoms with van der Waals surface area (Å²) in [5, 5.41) is 0.363. The van der Waals surface area contributed by atoms with Crippen LogP contribution in [0.25, 0.3) is 10.9 Å². The number of carbonyl (C=O) groups excluding carboxylic acids is 1. The quantitative estimate of drug-likeness (QED) is 0.328. The summed E-state index contributed by atoms with van der Waals surface area (Å²) in [6.45, 7) is 2.83. The van der Waals surface area contributed by atoms with Crippen LogP contribution in [0.5, 0.6) is 23.0 Å². The number of nitrogens with zero attached hydrogens (tertiary/aromatic N) is 1. The molecule has 3 aromatic carbocycles. The van der Waals surface area contributed by atoms with Gasteiger partial charge in [-0.05, 0) is 55.0 Å². The summed E-state index contributed by atoms with van der Waals surface area (Å²) in [6.07, 6.45) is 1.61. The van der Waals surface area contributed by atoms with Gasteiger partial charge in [0.2, 0.25) is 5.43 Å². The number of rotatable bonds is 9. The van der Waals surface area contributed by atoms with Crippen molar-refractivity contribution in [2.45, 2.75) is 13.5 Å². The molecule has 7 nitrogen and oxygen atoms in total. The standard InChI is InChI=1S/C28H27NO6/c1-5-35-20-11-9-19(10-12-20)27(30)23-17-29(16-18-7-6-8-21(13-18)32-2)24-15-26(34-4)25(33-3)14-22(24)28(23)31/h6-15,17H,5,16H2,1-4H3. The Hall–Kier alpha value is -4.26. The number of carbonyl (C=O) groups is 1. The first-order valence-electron chi connectivity index (χ1n) is 11.2. The Bertz CT molecular complexity index is 1420.